The van der Waals surface area contributed by atoms with Gasteiger partial charge in [-0.3, -0.25) is 4.79 Å². The highest BCUT2D eigenvalue weighted by Gasteiger charge is 2.18. The van der Waals surface area contributed by atoms with Crippen LogP contribution in [0.2, 0.25) is 0 Å². The Morgan fingerprint density at radius 2 is 2.18 bits per heavy atom. The standard InChI is InChI=1S/C12H14BrClFNO/c1-12(2,6-14)7-16-11(17)8-3-4-10(15)9(13)5-8/h3-5H,6-7H2,1-2H3,(H,16,17). The van der Waals surface area contributed by atoms with E-state index < -0.39 is 0 Å². The Bertz CT molecular complexity index is 423. The zero-order valence-corrected chi connectivity index (χ0v) is 12.0. The Balaban J connectivity index is 2.68. The molecule has 17 heavy (non-hydrogen) atoms. The van der Waals surface area contributed by atoms with Crippen LogP contribution in [0.1, 0.15) is 24.2 Å². The minimum absolute atomic E-state index is 0.158. The summed E-state index contributed by atoms with van der Waals surface area (Å²) >= 11 is 8.80. The second-order valence-electron chi connectivity index (χ2n) is 4.61. The van der Waals surface area contributed by atoms with E-state index >= 15 is 0 Å². The first kappa shape index (κ1) is 14.5. The summed E-state index contributed by atoms with van der Waals surface area (Å²) in [7, 11) is 0. The predicted octanol–water partition coefficient (Wildman–Crippen LogP) is 3.58. The summed E-state index contributed by atoms with van der Waals surface area (Å²) in [6.45, 7) is 4.39. The first-order valence-corrected chi connectivity index (χ1v) is 6.48. The summed E-state index contributed by atoms with van der Waals surface area (Å²) in [5.41, 5.74) is 0.262. The zero-order valence-electron chi connectivity index (χ0n) is 9.69. The number of amides is 1. The Kier molecular flexibility index (Phi) is 4.95. The molecule has 1 aromatic rings. The van der Waals surface area contributed by atoms with Crippen LogP contribution in [-0.2, 0) is 0 Å². The molecule has 0 saturated heterocycles. The number of nitrogens with one attached hydrogen (secondary N) is 1. The minimum Gasteiger partial charge on any atom is -0.351 e. The van der Waals surface area contributed by atoms with Gasteiger partial charge in [0.1, 0.15) is 5.82 Å². The molecule has 0 aliphatic rings. The minimum atomic E-state index is -0.386. The number of hydrogen-bond donors (Lipinski definition) is 1. The summed E-state index contributed by atoms with van der Waals surface area (Å²) in [5, 5.41) is 2.77. The highest BCUT2D eigenvalue weighted by atomic mass is 79.9. The van der Waals surface area contributed by atoms with Gasteiger partial charge in [-0.2, -0.15) is 0 Å². The van der Waals surface area contributed by atoms with Crippen molar-refractivity contribution in [2.45, 2.75) is 13.8 Å². The third kappa shape index (κ3) is 4.28. The fraction of sp³-hybridized carbons (Fsp3) is 0.417. The molecule has 0 spiro atoms. The maximum Gasteiger partial charge on any atom is 0.251 e. The predicted molar refractivity (Wildman–Crippen MR) is 70.9 cm³/mol. The lowest BCUT2D eigenvalue weighted by atomic mass is 9.96. The highest BCUT2D eigenvalue weighted by molar-refractivity contribution is 9.10. The van der Waals surface area contributed by atoms with Gasteiger partial charge < -0.3 is 5.32 Å². The summed E-state index contributed by atoms with van der Waals surface area (Å²) in [4.78, 5) is 11.8. The van der Waals surface area contributed by atoms with E-state index in [-0.39, 0.29) is 21.6 Å². The van der Waals surface area contributed by atoms with Gasteiger partial charge >= 0.3 is 0 Å². The van der Waals surface area contributed by atoms with Crippen LogP contribution in [0.15, 0.2) is 22.7 Å². The molecular formula is C12H14BrClFNO. The normalized spacial score (nSPS) is 11.4. The van der Waals surface area contributed by atoms with Crippen LogP contribution in [-0.4, -0.2) is 18.3 Å². The molecule has 0 heterocycles. The Morgan fingerprint density at radius 1 is 1.53 bits per heavy atom. The molecule has 2 nitrogen and oxygen atoms in total. The summed E-state index contributed by atoms with van der Waals surface area (Å²) in [5.74, 6) is -0.160. The number of alkyl halides is 1. The molecule has 0 unspecified atom stereocenters. The Morgan fingerprint density at radius 3 is 2.71 bits per heavy atom. The van der Waals surface area contributed by atoms with Crippen LogP contribution in [0.5, 0.6) is 0 Å². The lowest BCUT2D eigenvalue weighted by molar-refractivity contribution is 0.0940. The van der Waals surface area contributed by atoms with Crippen molar-refractivity contribution >= 4 is 33.4 Å². The summed E-state index contributed by atoms with van der Waals surface area (Å²) in [6, 6.07) is 4.16. The van der Waals surface area contributed by atoms with Gasteiger partial charge in [0.2, 0.25) is 0 Å². The van der Waals surface area contributed by atoms with Crippen molar-refractivity contribution in [1.82, 2.24) is 5.32 Å². The topological polar surface area (TPSA) is 29.1 Å². The molecule has 0 aliphatic carbocycles. The van der Waals surface area contributed by atoms with E-state index in [4.69, 9.17) is 11.6 Å². The van der Waals surface area contributed by atoms with Gasteiger partial charge in [0.15, 0.2) is 0 Å². The van der Waals surface area contributed by atoms with Crippen molar-refractivity contribution in [3.05, 3.63) is 34.1 Å². The molecule has 0 radical (unpaired) electrons. The first-order valence-electron chi connectivity index (χ1n) is 5.15. The molecule has 0 aromatic heterocycles. The monoisotopic (exact) mass is 321 g/mol. The molecule has 1 rings (SSSR count). The van der Waals surface area contributed by atoms with Crippen molar-refractivity contribution in [2.75, 3.05) is 12.4 Å². The van der Waals surface area contributed by atoms with Gasteiger partial charge in [-0.25, -0.2) is 4.39 Å². The van der Waals surface area contributed by atoms with Gasteiger partial charge in [0.05, 0.1) is 4.47 Å². The van der Waals surface area contributed by atoms with Crippen LogP contribution in [0.25, 0.3) is 0 Å². The molecule has 94 valence electrons. The van der Waals surface area contributed by atoms with Gasteiger partial charge in [-0.1, -0.05) is 13.8 Å². The second kappa shape index (κ2) is 5.83. The van der Waals surface area contributed by atoms with Gasteiger partial charge in [-0.15, -0.1) is 11.6 Å². The van der Waals surface area contributed by atoms with E-state index in [1.165, 1.54) is 18.2 Å². The van der Waals surface area contributed by atoms with E-state index in [0.29, 0.717) is 18.0 Å². The Labute approximate surface area is 114 Å². The maximum absolute atomic E-state index is 13.0. The largest absolute Gasteiger partial charge is 0.351 e. The second-order valence-corrected chi connectivity index (χ2v) is 5.73. The van der Waals surface area contributed by atoms with Crippen molar-refractivity contribution < 1.29 is 9.18 Å². The first-order chi connectivity index (χ1) is 7.85. The van der Waals surface area contributed by atoms with Crippen LogP contribution in [0.4, 0.5) is 4.39 Å². The molecule has 5 heteroatoms. The van der Waals surface area contributed by atoms with Crippen LogP contribution in [0.3, 0.4) is 0 Å². The molecule has 0 fully saturated rings. The van der Waals surface area contributed by atoms with Gasteiger partial charge in [0.25, 0.3) is 5.91 Å². The molecule has 0 aliphatic heterocycles. The van der Waals surface area contributed by atoms with E-state index in [2.05, 4.69) is 21.2 Å². The number of rotatable bonds is 4. The summed E-state index contributed by atoms with van der Waals surface area (Å²) in [6.07, 6.45) is 0. The molecule has 0 atom stereocenters. The lowest BCUT2D eigenvalue weighted by Crippen LogP contribution is -2.35. The molecule has 1 amide bonds. The van der Waals surface area contributed by atoms with E-state index in [1.54, 1.807) is 0 Å². The maximum atomic E-state index is 13.0. The van der Waals surface area contributed by atoms with Gasteiger partial charge in [0, 0.05) is 18.0 Å². The lowest BCUT2D eigenvalue weighted by Gasteiger charge is -2.21. The van der Waals surface area contributed by atoms with Crippen molar-refractivity contribution in [1.29, 1.82) is 0 Å². The van der Waals surface area contributed by atoms with Crippen molar-refractivity contribution in [3.8, 4) is 0 Å². The zero-order chi connectivity index (χ0) is 13.1. The Hall–Kier alpha value is -0.610. The average molecular weight is 323 g/mol. The quantitative estimate of drug-likeness (QED) is 0.843. The highest BCUT2D eigenvalue weighted by Crippen LogP contribution is 2.18. The number of carbonyl (C=O) groups excluding carboxylic acids is 1. The van der Waals surface area contributed by atoms with Crippen LogP contribution in [0, 0.1) is 11.2 Å². The smallest absolute Gasteiger partial charge is 0.251 e. The SMILES string of the molecule is CC(C)(CCl)CNC(=O)c1ccc(F)c(Br)c1. The third-order valence-corrected chi connectivity index (χ3v) is 3.60. The van der Waals surface area contributed by atoms with E-state index in [1.807, 2.05) is 13.8 Å². The van der Waals surface area contributed by atoms with Gasteiger partial charge in [-0.05, 0) is 39.5 Å². The fourth-order valence-corrected chi connectivity index (χ4v) is 1.58. The van der Waals surface area contributed by atoms with Crippen LogP contribution >= 0.6 is 27.5 Å². The van der Waals surface area contributed by atoms with Crippen molar-refractivity contribution in [2.24, 2.45) is 5.41 Å². The molecule has 0 bridgehead atoms. The number of benzene rings is 1. The van der Waals surface area contributed by atoms with Crippen LogP contribution < -0.4 is 5.32 Å². The third-order valence-electron chi connectivity index (χ3n) is 2.27. The summed E-state index contributed by atoms with van der Waals surface area (Å²) < 4.78 is 13.3. The fourth-order valence-electron chi connectivity index (χ4n) is 1.11. The molecular weight excluding hydrogens is 308 g/mol. The van der Waals surface area contributed by atoms with E-state index in [0.717, 1.165) is 0 Å². The molecule has 1 N–H and O–H groups in total. The number of halogens is 3. The number of hydrogen-bond acceptors (Lipinski definition) is 1. The molecule has 1 aromatic carbocycles. The average Bonchev–Trinajstić information content (AvgIpc) is 2.30. The number of carbonyl (C=O) groups is 1. The van der Waals surface area contributed by atoms with E-state index in [9.17, 15) is 9.18 Å². The van der Waals surface area contributed by atoms with Crippen molar-refractivity contribution in [3.63, 3.8) is 0 Å². The molecule has 0 saturated carbocycles.